The van der Waals surface area contributed by atoms with Crippen molar-refractivity contribution in [3.63, 3.8) is 0 Å². The van der Waals surface area contributed by atoms with E-state index in [-0.39, 0.29) is 6.04 Å². The molecule has 2 N–H and O–H groups in total. The van der Waals surface area contributed by atoms with Crippen LogP contribution < -0.4 is 5.73 Å². The topological polar surface area (TPSA) is 56.7 Å². The lowest BCUT2D eigenvalue weighted by Crippen LogP contribution is -2.13. The third kappa shape index (κ3) is 2.73. The first-order valence-electron chi connectivity index (χ1n) is 6.05. The van der Waals surface area contributed by atoms with Gasteiger partial charge >= 0.3 is 0 Å². The Morgan fingerprint density at radius 1 is 1.28 bits per heavy atom. The molecule has 2 aromatic rings. The van der Waals surface area contributed by atoms with Crippen LogP contribution in [0.25, 0.3) is 0 Å². The molecule has 96 valence electrons. The Balaban J connectivity index is 2.26. The number of aryl methyl sites for hydroxylation is 1. The molecule has 0 aliphatic carbocycles. The zero-order valence-electron chi connectivity index (χ0n) is 10.9. The number of hydrogen-bond acceptors (Lipinski definition) is 4. The van der Waals surface area contributed by atoms with Crippen LogP contribution in [0.2, 0.25) is 0 Å². The van der Waals surface area contributed by atoms with Crippen LogP contribution in [0.1, 0.15) is 31.3 Å². The van der Waals surface area contributed by atoms with Crippen molar-refractivity contribution in [1.82, 2.24) is 14.8 Å². The van der Waals surface area contributed by atoms with Gasteiger partial charge in [-0.2, -0.15) is 0 Å². The lowest BCUT2D eigenvalue weighted by atomic mass is 10.2. The van der Waals surface area contributed by atoms with E-state index < -0.39 is 0 Å². The Morgan fingerprint density at radius 2 is 1.94 bits per heavy atom. The molecule has 0 aliphatic rings. The van der Waals surface area contributed by atoms with Crippen molar-refractivity contribution >= 4 is 11.8 Å². The number of rotatable bonds is 4. The first kappa shape index (κ1) is 13.1. The summed E-state index contributed by atoms with van der Waals surface area (Å²) in [7, 11) is 0. The van der Waals surface area contributed by atoms with Gasteiger partial charge in [0.25, 0.3) is 0 Å². The van der Waals surface area contributed by atoms with Crippen molar-refractivity contribution in [3.8, 4) is 0 Å². The smallest absolute Gasteiger partial charge is 0.196 e. The molecule has 0 bridgehead atoms. The van der Waals surface area contributed by atoms with Gasteiger partial charge in [-0.15, -0.1) is 10.2 Å². The second-order valence-corrected chi connectivity index (χ2v) is 5.33. The summed E-state index contributed by atoms with van der Waals surface area (Å²) in [6, 6.07) is 8.30. The molecular weight excluding hydrogens is 244 g/mol. The molecule has 1 aromatic carbocycles. The number of nitrogens with zero attached hydrogens (tertiary/aromatic N) is 3. The van der Waals surface area contributed by atoms with E-state index in [4.69, 9.17) is 5.73 Å². The molecule has 0 radical (unpaired) electrons. The summed E-state index contributed by atoms with van der Waals surface area (Å²) in [5.74, 6) is 0.840. The van der Waals surface area contributed by atoms with Gasteiger partial charge in [0, 0.05) is 11.4 Å². The average Bonchev–Trinajstić information content (AvgIpc) is 2.75. The van der Waals surface area contributed by atoms with Crippen LogP contribution in [0.4, 0.5) is 0 Å². The van der Waals surface area contributed by atoms with Gasteiger partial charge < -0.3 is 10.3 Å². The maximum atomic E-state index is 5.88. The molecule has 18 heavy (non-hydrogen) atoms. The van der Waals surface area contributed by atoms with Crippen molar-refractivity contribution in [2.75, 3.05) is 0 Å². The average molecular weight is 262 g/mol. The van der Waals surface area contributed by atoms with E-state index in [2.05, 4.69) is 52.9 Å². The fraction of sp³-hybridized carbons (Fsp3) is 0.385. The van der Waals surface area contributed by atoms with Gasteiger partial charge in [0.05, 0.1) is 6.04 Å². The van der Waals surface area contributed by atoms with E-state index in [0.717, 1.165) is 17.5 Å². The fourth-order valence-electron chi connectivity index (χ4n) is 1.72. The second kappa shape index (κ2) is 5.54. The predicted molar refractivity (Wildman–Crippen MR) is 73.6 cm³/mol. The first-order chi connectivity index (χ1) is 8.61. The van der Waals surface area contributed by atoms with Gasteiger partial charge in [0.15, 0.2) is 5.16 Å². The van der Waals surface area contributed by atoms with Crippen molar-refractivity contribution in [3.05, 3.63) is 35.7 Å². The molecule has 1 aromatic heterocycles. The standard InChI is InChI=1S/C13H18N4S/c1-4-17-12(10(3)14)15-16-13(17)18-11-7-5-9(2)6-8-11/h5-8,10H,4,14H2,1-3H3/t10-/m1/s1. The van der Waals surface area contributed by atoms with Gasteiger partial charge in [-0.05, 0) is 44.7 Å². The summed E-state index contributed by atoms with van der Waals surface area (Å²) in [6.45, 7) is 6.92. The molecule has 0 spiro atoms. The van der Waals surface area contributed by atoms with E-state index in [1.165, 1.54) is 10.5 Å². The SMILES string of the molecule is CCn1c(Sc2ccc(C)cc2)nnc1[C@@H](C)N. The van der Waals surface area contributed by atoms with E-state index in [9.17, 15) is 0 Å². The van der Waals surface area contributed by atoms with Gasteiger partial charge in [-0.3, -0.25) is 0 Å². The normalized spacial score (nSPS) is 12.7. The minimum absolute atomic E-state index is 0.0928. The maximum absolute atomic E-state index is 5.88. The largest absolute Gasteiger partial charge is 0.322 e. The van der Waals surface area contributed by atoms with E-state index in [1.54, 1.807) is 11.8 Å². The zero-order valence-corrected chi connectivity index (χ0v) is 11.7. The van der Waals surface area contributed by atoms with E-state index in [0.29, 0.717) is 0 Å². The summed E-state index contributed by atoms with van der Waals surface area (Å²) >= 11 is 1.62. The quantitative estimate of drug-likeness (QED) is 0.920. The minimum atomic E-state index is -0.0928. The Morgan fingerprint density at radius 3 is 2.50 bits per heavy atom. The number of aromatic nitrogens is 3. The van der Waals surface area contributed by atoms with Gasteiger partial charge in [-0.1, -0.05) is 17.7 Å². The van der Waals surface area contributed by atoms with Crippen LogP contribution in [-0.2, 0) is 6.54 Å². The monoisotopic (exact) mass is 262 g/mol. The zero-order chi connectivity index (χ0) is 13.1. The Kier molecular flexibility index (Phi) is 4.04. The molecule has 0 saturated heterocycles. The minimum Gasteiger partial charge on any atom is -0.322 e. The van der Waals surface area contributed by atoms with Crippen LogP contribution in [0, 0.1) is 6.92 Å². The molecule has 0 aliphatic heterocycles. The fourth-order valence-corrected chi connectivity index (χ4v) is 2.62. The van der Waals surface area contributed by atoms with Crippen LogP contribution in [0.15, 0.2) is 34.3 Å². The number of nitrogens with two attached hydrogens (primary N) is 1. The summed E-state index contributed by atoms with van der Waals surface area (Å²) in [5, 5.41) is 9.29. The van der Waals surface area contributed by atoms with Crippen molar-refractivity contribution in [1.29, 1.82) is 0 Å². The highest BCUT2D eigenvalue weighted by Crippen LogP contribution is 2.27. The van der Waals surface area contributed by atoms with Crippen molar-refractivity contribution in [2.45, 2.75) is 43.4 Å². The van der Waals surface area contributed by atoms with Crippen LogP contribution >= 0.6 is 11.8 Å². The van der Waals surface area contributed by atoms with Crippen LogP contribution in [0.5, 0.6) is 0 Å². The molecule has 4 nitrogen and oxygen atoms in total. The van der Waals surface area contributed by atoms with Gasteiger partial charge in [-0.25, -0.2) is 0 Å². The number of hydrogen-bond donors (Lipinski definition) is 1. The first-order valence-corrected chi connectivity index (χ1v) is 6.86. The summed E-state index contributed by atoms with van der Waals surface area (Å²) in [5.41, 5.74) is 7.14. The third-order valence-electron chi connectivity index (χ3n) is 2.70. The summed E-state index contributed by atoms with van der Waals surface area (Å²) in [4.78, 5) is 1.17. The van der Waals surface area contributed by atoms with Crippen molar-refractivity contribution in [2.24, 2.45) is 5.73 Å². The maximum Gasteiger partial charge on any atom is 0.196 e. The predicted octanol–water partition coefficient (Wildman–Crippen LogP) is 2.78. The third-order valence-corrected chi connectivity index (χ3v) is 3.69. The molecular formula is C13H18N4S. The second-order valence-electron chi connectivity index (χ2n) is 4.29. The highest BCUT2D eigenvalue weighted by molar-refractivity contribution is 7.99. The molecule has 5 heteroatoms. The molecule has 0 unspecified atom stereocenters. The Labute approximate surface area is 112 Å². The lowest BCUT2D eigenvalue weighted by Gasteiger charge is -2.09. The molecule has 1 heterocycles. The molecule has 2 rings (SSSR count). The molecule has 0 amide bonds. The van der Waals surface area contributed by atoms with Gasteiger partial charge in [0.2, 0.25) is 0 Å². The Bertz CT molecular complexity index is 516. The van der Waals surface area contributed by atoms with Crippen molar-refractivity contribution < 1.29 is 0 Å². The van der Waals surface area contributed by atoms with Crippen LogP contribution in [-0.4, -0.2) is 14.8 Å². The molecule has 0 fully saturated rings. The molecule has 0 saturated carbocycles. The highest BCUT2D eigenvalue weighted by atomic mass is 32.2. The van der Waals surface area contributed by atoms with Crippen LogP contribution in [0.3, 0.4) is 0 Å². The van der Waals surface area contributed by atoms with Gasteiger partial charge in [0.1, 0.15) is 5.82 Å². The Hall–Kier alpha value is -1.33. The van der Waals surface area contributed by atoms with E-state index in [1.807, 2.05) is 6.92 Å². The highest BCUT2D eigenvalue weighted by Gasteiger charge is 2.14. The lowest BCUT2D eigenvalue weighted by molar-refractivity contribution is 0.602. The summed E-state index contributed by atoms with van der Waals surface area (Å²) in [6.07, 6.45) is 0. The van der Waals surface area contributed by atoms with E-state index >= 15 is 0 Å². The number of benzene rings is 1. The molecule has 1 atom stereocenters. The summed E-state index contributed by atoms with van der Waals surface area (Å²) < 4.78 is 2.06.